The summed E-state index contributed by atoms with van der Waals surface area (Å²) in [4.78, 5) is 23.0. The van der Waals surface area contributed by atoms with E-state index in [0.29, 0.717) is 23.6 Å². The standard InChI is InChI=1S/C16H22ClNO4/c1-4-12(22-13-8-6-5-7-11(13)17)15(21)18-16(2,3)10-9-14(19)20/h5-8,12H,4,9-10H2,1-3H3,(H,18,21)(H,19,20). The quantitative estimate of drug-likeness (QED) is 0.768. The van der Waals surface area contributed by atoms with Crippen molar-refractivity contribution < 1.29 is 19.4 Å². The van der Waals surface area contributed by atoms with Crippen molar-refractivity contribution in [2.24, 2.45) is 0 Å². The second-order valence-electron chi connectivity index (χ2n) is 5.71. The molecule has 0 spiro atoms. The van der Waals surface area contributed by atoms with Gasteiger partial charge in [-0.2, -0.15) is 0 Å². The van der Waals surface area contributed by atoms with Crippen LogP contribution < -0.4 is 10.1 Å². The van der Waals surface area contributed by atoms with Crippen LogP contribution in [0.25, 0.3) is 0 Å². The zero-order chi connectivity index (χ0) is 16.8. The third-order valence-electron chi connectivity index (χ3n) is 3.19. The van der Waals surface area contributed by atoms with E-state index in [1.165, 1.54) is 0 Å². The molecule has 1 amide bonds. The Bertz CT molecular complexity index is 531. The lowest BCUT2D eigenvalue weighted by Crippen LogP contribution is -2.49. The Hall–Kier alpha value is -1.75. The molecule has 0 saturated heterocycles. The van der Waals surface area contributed by atoms with Gasteiger partial charge in [0.1, 0.15) is 5.75 Å². The van der Waals surface area contributed by atoms with Crippen molar-refractivity contribution in [3.8, 4) is 5.75 Å². The van der Waals surface area contributed by atoms with Gasteiger partial charge in [-0.1, -0.05) is 30.7 Å². The third kappa shape index (κ3) is 5.93. The topological polar surface area (TPSA) is 75.6 Å². The molecule has 0 saturated carbocycles. The smallest absolute Gasteiger partial charge is 0.303 e. The first-order valence-electron chi connectivity index (χ1n) is 7.20. The summed E-state index contributed by atoms with van der Waals surface area (Å²) in [5.74, 6) is -0.714. The van der Waals surface area contributed by atoms with Gasteiger partial charge in [-0.3, -0.25) is 9.59 Å². The summed E-state index contributed by atoms with van der Waals surface area (Å²) in [5, 5.41) is 12.0. The van der Waals surface area contributed by atoms with E-state index >= 15 is 0 Å². The van der Waals surface area contributed by atoms with Gasteiger partial charge in [0.05, 0.1) is 5.02 Å². The zero-order valence-corrected chi connectivity index (χ0v) is 13.8. The molecule has 6 heteroatoms. The van der Waals surface area contributed by atoms with Crippen LogP contribution in [-0.4, -0.2) is 28.6 Å². The van der Waals surface area contributed by atoms with Crippen molar-refractivity contribution in [1.82, 2.24) is 5.32 Å². The van der Waals surface area contributed by atoms with Gasteiger partial charge in [0.2, 0.25) is 0 Å². The molecule has 0 bridgehead atoms. The molecule has 122 valence electrons. The predicted octanol–water partition coefficient (Wildman–Crippen LogP) is 3.26. The maximum atomic E-state index is 12.3. The van der Waals surface area contributed by atoms with Crippen molar-refractivity contribution in [2.75, 3.05) is 0 Å². The number of hydrogen-bond donors (Lipinski definition) is 2. The van der Waals surface area contributed by atoms with Gasteiger partial charge in [-0.05, 0) is 38.8 Å². The van der Waals surface area contributed by atoms with E-state index in [9.17, 15) is 9.59 Å². The van der Waals surface area contributed by atoms with Gasteiger partial charge in [0.15, 0.2) is 6.10 Å². The normalized spacial score (nSPS) is 12.5. The van der Waals surface area contributed by atoms with Crippen LogP contribution in [0.1, 0.15) is 40.0 Å². The van der Waals surface area contributed by atoms with Gasteiger partial charge in [-0.15, -0.1) is 0 Å². The average molecular weight is 328 g/mol. The van der Waals surface area contributed by atoms with Crippen molar-refractivity contribution >= 4 is 23.5 Å². The minimum absolute atomic E-state index is 0.00452. The SMILES string of the molecule is CCC(Oc1ccccc1Cl)C(=O)NC(C)(C)CCC(=O)O. The molecule has 0 aliphatic carbocycles. The van der Waals surface area contributed by atoms with Crippen LogP contribution in [0.5, 0.6) is 5.75 Å². The fourth-order valence-electron chi connectivity index (χ4n) is 1.91. The first-order chi connectivity index (χ1) is 10.2. The lowest BCUT2D eigenvalue weighted by Gasteiger charge is -2.28. The van der Waals surface area contributed by atoms with E-state index in [4.69, 9.17) is 21.4 Å². The van der Waals surface area contributed by atoms with E-state index in [1.54, 1.807) is 38.1 Å². The van der Waals surface area contributed by atoms with Crippen LogP contribution in [0.3, 0.4) is 0 Å². The lowest BCUT2D eigenvalue weighted by atomic mass is 9.98. The highest BCUT2D eigenvalue weighted by Gasteiger charge is 2.27. The Morgan fingerprint density at radius 1 is 1.36 bits per heavy atom. The van der Waals surface area contributed by atoms with Crippen molar-refractivity contribution in [1.29, 1.82) is 0 Å². The number of benzene rings is 1. The lowest BCUT2D eigenvalue weighted by molar-refractivity contribution is -0.138. The molecule has 0 heterocycles. The first kappa shape index (κ1) is 18.3. The molecule has 1 rings (SSSR count). The van der Waals surface area contributed by atoms with Crippen molar-refractivity contribution in [2.45, 2.75) is 51.7 Å². The number of carboxylic acids is 1. The Labute approximate surface area is 135 Å². The van der Waals surface area contributed by atoms with Crippen molar-refractivity contribution in [3.63, 3.8) is 0 Å². The van der Waals surface area contributed by atoms with Crippen LogP contribution in [0.4, 0.5) is 0 Å². The fraction of sp³-hybridized carbons (Fsp3) is 0.500. The second kappa shape index (κ2) is 8.03. The van der Waals surface area contributed by atoms with E-state index in [-0.39, 0.29) is 12.3 Å². The number of nitrogens with one attached hydrogen (secondary N) is 1. The highest BCUT2D eigenvalue weighted by atomic mass is 35.5. The number of carbonyl (C=O) groups is 2. The summed E-state index contributed by atoms with van der Waals surface area (Å²) in [6, 6.07) is 6.96. The predicted molar refractivity (Wildman–Crippen MR) is 85.3 cm³/mol. The highest BCUT2D eigenvalue weighted by Crippen LogP contribution is 2.25. The molecule has 0 aliphatic heterocycles. The minimum atomic E-state index is -0.887. The number of aliphatic carboxylic acids is 1. The van der Waals surface area contributed by atoms with E-state index in [2.05, 4.69) is 5.32 Å². The molecule has 22 heavy (non-hydrogen) atoms. The molecule has 2 N–H and O–H groups in total. The van der Waals surface area contributed by atoms with Gasteiger partial charge < -0.3 is 15.2 Å². The van der Waals surface area contributed by atoms with E-state index < -0.39 is 17.6 Å². The van der Waals surface area contributed by atoms with Crippen LogP contribution in [0.15, 0.2) is 24.3 Å². The van der Waals surface area contributed by atoms with E-state index in [1.807, 2.05) is 6.92 Å². The monoisotopic (exact) mass is 327 g/mol. The first-order valence-corrected chi connectivity index (χ1v) is 7.58. The fourth-order valence-corrected chi connectivity index (χ4v) is 2.09. The zero-order valence-electron chi connectivity index (χ0n) is 13.1. The summed E-state index contributed by atoms with van der Waals surface area (Å²) in [7, 11) is 0. The average Bonchev–Trinajstić information content (AvgIpc) is 2.44. The minimum Gasteiger partial charge on any atom is -0.481 e. The van der Waals surface area contributed by atoms with Gasteiger partial charge >= 0.3 is 5.97 Å². The largest absolute Gasteiger partial charge is 0.481 e. The van der Waals surface area contributed by atoms with Crippen LogP contribution in [0, 0.1) is 0 Å². The Morgan fingerprint density at radius 3 is 2.55 bits per heavy atom. The van der Waals surface area contributed by atoms with Crippen molar-refractivity contribution in [3.05, 3.63) is 29.3 Å². The second-order valence-corrected chi connectivity index (χ2v) is 6.12. The van der Waals surface area contributed by atoms with Crippen LogP contribution in [-0.2, 0) is 9.59 Å². The number of amides is 1. The Balaban J connectivity index is 2.68. The number of carbonyl (C=O) groups excluding carboxylic acids is 1. The molecule has 1 atom stereocenters. The summed E-state index contributed by atoms with van der Waals surface area (Å²) in [6.07, 6.45) is 0.141. The van der Waals surface area contributed by atoms with Gasteiger partial charge in [0.25, 0.3) is 5.91 Å². The molecular weight excluding hydrogens is 306 g/mol. The molecule has 1 aromatic carbocycles. The number of halogens is 1. The molecule has 0 radical (unpaired) electrons. The number of hydrogen-bond acceptors (Lipinski definition) is 3. The molecule has 0 aliphatic rings. The molecule has 0 aromatic heterocycles. The third-order valence-corrected chi connectivity index (χ3v) is 3.51. The molecule has 0 fully saturated rings. The Morgan fingerprint density at radius 2 is 2.00 bits per heavy atom. The van der Waals surface area contributed by atoms with Crippen LogP contribution >= 0.6 is 11.6 Å². The van der Waals surface area contributed by atoms with Gasteiger partial charge in [-0.25, -0.2) is 0 Å². The molecule has 5 nitrogen and oxygen atoms in total. The molecular formula is C16H22ClNO4. The summed E-state index contributed by atoms with van der Waals surface area (Å²) in [5.41, 5.74) is -0.618. The molecule has 1 aromatic rings. The summed E-state index contributed by atoms with van der Waals surface area (Å²) in [6.45, 7) is 5.41. The maximum absolute atomic E-state index is 12.3. The summed E-state index contributed by atoms with van der Waals surface area (Å²) < 4.78 is 5.67. The number of carboxylic acid groups (broad SMARTS) is 1. The number of ether oxygens (including phenoxy) is 1. The van der Waals surface area contributed by atoms with Crippen LogP contribution in [0.2, 0.25) is 5.02 Å². The highest BCUT2D eigenvalue weighted by molar-refractivity contribution is 6.32. The summed E-state index contributed by atoms with van der Waals surface area (Å²) >= 11 is 6.03. The number of rotatable bonds is 8. The van der Waals surface area contributed by atoms with E-state index in [0.717, 1.165) is 0 Å². The number of para-hydroxylation sites is 1. The van der Waals surface area contributed by atoms with Gasteiger partial charge in [0, 0.05) is 12.0 Å². The maximum Gasteiger partial charge on any atom is 0.303 e. The Kier molecular flexibility index (Phi) is 6.68. The molecule has 1 unspecified atom stereocenters.